The van der Waals surface area contributed by atoms with Crippen molar-refractivity contribution < 1.29 is 0 Å². The Balaban J connectivity index is 1.63. The van der Waals surface area contributed by atoms with Crippen molar-refractivity contribution in [1.82, 2.24) is 19.7 Å². The Labute approximate surface area is 125 Å². The standard InChI is InChI=1S/C15H22N6/c1-2-6-16-13-11-14(20-15(19-13)12-4-5-12)17-8-10-21-9-3-7-18-21/h3,7,9,11-12H,2,4-6,8,10H2,1H3,(H2,16,17,19,20). The molecule has 1 fully saturated rings. The van der Waals surface area contributed by atoms with Crippen LogP contribution >= 0.6 is 0 Å². The van der Waals surface area contributed by atoms with Crippen LogP contribution in [0.15, 0.2) is 24.5 Å². The largest absolute Gasteiger partial charge is 0.370 e. The molecule has 21 heavy (non-hydrogen) atoms. The van der Waals surface area contributed by atoms with Gasteiger partial charge in [0.05, 0.1) is 6.54 Å². The zero-order valence-corrected chi connectivity index (χ0v) is 12.4. The van der Waals surface area contributed by atoms with Gasteiger partial charge in [-0.05, 0) is 25.3 Å². The van der Waals surface area contributed by atoms with Gasteiger partial charge in [0.1, 0.15) is 17.5 Å². The van der Waals surface area contributed by atoms with Crippen LogP contribution in [-0.2, 0) is 6.54 Å². The van der Waals surface area contributed by atoms with E-state index in [1.54, 1.807) is 6.20 Å². The van der Waals surface area contributed by atoms with Crippen LogP contribution in [0.25, 0.3) is 0 Å². The van der Waals surface area contributed by atoms with Gasteiger partial charge in [0.2, 0.25) is 0 Å². The molecule has 2 heterocycles. The highest BCUT2D eigenvalue weighted by Gasteiger charge is 2.27. The summed E-state index contributed by atoms with van der Waals surface area (Å²) in [6.45, 7) is 4.72. The second-order valence-corrected chi connectivity index (χ2v) is 5.39. The summed E-state index contributed by atoms with van der Waals surface area (Å²) in [5.74, 6) is 3.35. The molecule has 0 atom stereocenters. The van der Waals surface area contributed by atoms with Crippen molar-refractivity contribution in [3.05, 3.63) is 30.4 Å². The van der Waals surface area contributed by atoms with Crippen LogP contribution in [0.1, 0.15) is 37.9 Å². The second kappa shape index (κ2) is 6.56. The minimum atomic E-state index is 0.556. The van der Waals surface area contributed by atoms with Gasteiger partial charge in [-0.2, -0.15) is 5.10 Å². The minimum Gasteiger partial charge on any atom is -0.370 e. The minimum absolute atomic E-state index is 0.556. The molecule has 0 bridgehead atoms. The van der Waals surface area contributed by atoms with E-state index >= 15 is 0 Å². The Kier molecular flexibility index (Phi) is 4.33. The first-order chi connectivity index (χ1) is 10.3. The molecular formula is C15H22N6. The highest BCUT2D eigenvalue weighted by Crippen LogP contribution is 2.38. The van der Waals surface area contributed by atoms with Gasteiger partial charge in [-0.3, -0.25) is 4.68 Å². The van der Waals surface area contributed by atoms with Crippen LogP contribution in [0.3, 0.4) is 0 Å². The SMILES string of the molecule is CCCNc1cc(NCCn2cccn2)nc(C2CC2)n1. The van der Waals surface area contributed by atoms with E-state index in [0.29, 0.717) is 5.92 Å². The summed E-state index contributed by atoms with van der Waals surface area (Å²) >= 11 is 0. The Morgan fingerprint density at radius 2 is 1.95 bits per heavy atom. The van der Waals surface area contributed by atoms with Crippen LogP contribution in [0.2, 0.25) is 0 Å². The maximum atomic E-state index is 4.63. The number of aromatic nitrogens is 4. The van der Waals surface area contributed by atoms with Crippen molar-refractivity contribution in [3.8, 4) is 0 Å². The van der Waals surface area contributed by atoms with Gasteiger partial charge in [0, 0.05) is 37.5 Å². The Morgan fingerprint density at radius 1 is 1.19 bits per heavy atom. The summed E-state index contributed by atoms with van der Waals surface area (Å²) in [6.07, 6.45) is 7.27. The van der Waals surface area contributed by atoms with Gasteiger partial charge < -0.3 is 10.6 Å². The molecule has 0 spiro atoms. The molecule has 6 nitrogen and oxygen atoms in total. The molecule has 6 heteroatoms. The van der Waals surface area contributed by atoms with E-state index in [0.717, 1.165) is 43.5 Å². The molecule has 0 amide bonds. The van der Waals surface area contributed by atoms with Crippen molar-refractivity contribution in [1.29, 1.82) is 0 Å². The summed E-state index contributed by atoms with van der Waals surface area (Å²) in [5.41, 5.74) is 0. The number of nitrogens with one attached hydrogen (secondary N) is 2. The zero-order chi connectivity index (χ0) is 14.5. The molecule has 0 radical (unpaired) electrons. The van der Waals surface area contributed by atoms with Crippen LogP contribution in [0, 0.1) is 0 Å². The van der Waals surface area contributed by atoms with Crippen molar-refractivity contribution in [2.24, 2.45) is 0 Å². The number of hydrogen-bond acceptors (Lipinski definition) is 5. The van der Waals surface area contributed by atoms with Crippen LogP contribution in [0.4, 0.5) is 11.6 Å². The molecule has 2 N–H and O–H groups in total. The third-order valence-electron chi connectivity index (χ3n) is 3.45. The molecule has 0 unspecified atom stereocenters. The summed E-state index contributed by atoms with van der Waals surface area (Å²) in [6, 6.07) is 3.92. The van der Waals surface area contributed by atoms with Crippen LogP contribution in [0.5, 0.6) is 0 Å². The Bertz CT molecular complexity index is 562. The predicted octanol–water partition coefficient (Wildman–Crippen LogP) is 2.48. The lowest BCUT2D eigenvalue weighted by Crippen LogP contribution is -2.13. The zero-order valence-electron chi connectivity index (χ0n) is 12.4. The Morgan fingerprint density at radius 3 is 2.57 bits per heavy atom. The van der Waals surface area contributed by atoms with E-state index in [-0.39, 0.29) is 0 Å². The molecule has 0 saturated heterocycles. The van der Waals surface area contributed by atoms with E-state index in [2.05, 4.69) is 32.6 Å². The first kappa shape index (κ1) is 13.9. The summed E-state index contributed by atoms with van der Waals surface area (Å²) < 4.78 is 1.91. The highest BCUT2D eigenvalue weighted by atomic mass is 15.3. The lowest BCUT2D eigenvalue weighted by molar-refractivity contribution is 0.636. The van der Waals surface area contributed by atoms with Crippen molar-refractivity contribution in [2.45, 2.75) is 38.6 Å². The highest BCUT2D eigenvalue weighted by molar-refractivity contribution is 5.48. The maximum absolute atomic E-state index is 4.63. The van der Waals surface area contributed by atoms with E-state index in [9.17, 15) is 0 Å². The second-order valence-electron chi connectivity index (χ2n) is 5.39. The first-order valence-corrected chi connectivity index (χ1v) is 7.69. The molecule has 1 saturated carbocycles. The van der Waals surface area contributed by atoms with E-state index in [1.165, 1.54) is 12.8 Å². The summed E-state index contributed by atoms with van der Waals surface area (Å²) in [5, 5.41) is 10.9. The Hall–Kier alpha value is -2.11. The van der Waals surface area contributed by atoms with E-state index in [4.69, 9.17) is 0 Å². The van der Waals surface area contributed by atoms with Crippen LogP contribution in [-0.4, -0.2) is 32.8 Å². The molecule has 0 aliphatic heterocycles. The third-order valence-corrected chi connectivity index (χ3v) is 3.45. The lowest BCUT2D eigenvalue weighted by Gasteiger charge is -2.11. The number of rotatable bonds is 8. The molecule has 1 aliphatic carbocycles. The predicted molar refractivity (Wildman–Crippen MR) is 83.5 cm³/mol. The van der Waals surface area contributed by atoms with Gasteiger partial charge in [-0.15, -0.1) is 0 Å². The number of hydrogen-bond donors (Lipinski definition) is 2. The molecule has 2 aromatic rings. The molecule has 2 aromatic heterocycles. The van der Waals surface area contributed by atoms with E-state index < -0.39 is 0 Å². The smallest absolute Gasteiger partial charge is 0.136 e. The first-order valence-electron chi connectivity index (χ1n) is 7.69. The lowest BCUT2D eigenvalue weighted by atomic mass is 10.3. The summed E-state index contributed by atoms with van der Waals surface area (Å²) in [7, 11) is 0. The number of anilines is 2. The van der Waals surface area contributed by atoms with Crippen molar-refractivity contribution in [3.63, 3.8) is 0 Å². The normalized spacial score (nSPS) is 14.1. The quantitative estimate of drug-likeness (QED) is 0.780. The molecule has 112 valence electrons. The molecular weight excluding hydrogens is 264 g/mol. The summed E-state index contributed by atoms with van der Waals surface area (Å²) in [4.78, 5) is 9.24. The van der Waals surface area contributed by atoms with Gasteiger partial charge in [-0.25, -0.2) is 9.97 Å². The van der Waals surface area contributed by atoms with Crippen LogP contribution < -0.4 is 10.6 Å². The third kappa shape index (κ3) is 3.93. The van der Waals surface area contributed by atoms with Gasteiger partial charge >= 0.3 is 0 Å². The van der Waals surface area contributed by atoms with Gasteiger partial charge in [-0.1, -0.05) is 6.92 Å². The average molecular weight is 286 g/mol. The van der Waals surface area contributed by atoms with Gasteiger partial charge in [0.15, 0.2) is 0 Å². The van der Waals surface area contributed by atoms with Crippen molar-refractivity contribution >= 4 is 11.6 Å². The maximum Gasteiger partial charge on any atom is 0.136 e. The van der Waals surface area contributed by atoms with Crippen molar-refractivity contribution in [2.75, 3.05) is 23.7 Å². The molecule has 1 aliphatic rings. The fourth-order valence-electron chi connectivity index (χ4n) is 2.16. The topological polar surface area (TPSA) is 67.7 Å². The monoisotopic (exact) mass is 286 g/mol. The fourth-order valence-corrected chi connectivity index (χ4v) is 2.16. The number of nitrogens with zero attached hydrogens (tertiary/aromatic N) is 4. The van der Waals surface area contributed by atoms with E-state index in [1.807, 2.05) is 23.0 Å². The fraction of sp³-hybridized carbons (Fsp3) is 0.533. The van der Waals surface area contributed by atoms with Gasteiger partial charge in [0.25, 0.3) is 0 Å². The molecule has 3 rings (SSSR count). The average Bonchev–Trinajstić information content (AvgIpc) is 3.23. The molecule has 0 aromatic carbocycles.